The zero-order valence-corrected chi connectivity index (χ0v) is 18.0. The molecule has 7 nitrogen and oxygen atoms in total. The molecule has 1 fully saturated rings. The molecule has 2 aromatic carbocycles. The first-order chi connectivity index (χ1) is 15.0. The van der Waals surface area contributed by atoms with Crippen LogP contribution in [0, 0.1) is 0 Å². The molecular formula is C23H24ClN3O4. The number of rotatable bonds is 5. The summed E-state index contributed by atoms with van der Waals surface area (Å²) in [6.07, 6.45) is 1.24. The third-order valence-electron chi connectivity index (χ3n) is 4.79. The molecule has 1 aliphatic heterocycles. The van der Waals surface area contributed by atoms with Crippen molar-refractivity contribution < 1.29 is 19.1 Å². The second-order valence-corrected chi connectivity index (χ2v) is 7.34. The van der Waals surface area contributed by atoms with E-state index < -0.39 is 0 Å². The lowest BCUT2D eigenvalue weighted by Gasteiger charge is -2.34. The smallest absolute Gasteiger partial charge is 0.409 e. The van der Waals surface area contributed by atoms with Gasteiger partial charge in [-0.1, -0.05) is 41.9 Å². The first kappa shape index (κ1) is 22.4. The van der Waals surface area contributed by atoms with Gasteiger partial charge in [0, 0.05) is 36.8 Å². The van der Waals surface area contributed by atoms with Gasteiger partial charge in [-0.05, 0) is 42.8 Å². The second-order valence-electron chi connectivity index (χ2n) is 6.91. The Kier molecular flexibility index (Phi) is 7.67. The average Bonchev–Trinajstić information content (AvgIpc) is 2.80. The van der Waals surface area contributed by atoms with E-state index >= 15 is 0 Å². The van der Waals surface area contributed by atoms with E-state index in [9.17, 15) is 14.4 Å². The number of carbonyl (C=O) groups excluding carboxylic acids is 3. The van der Waals surface area contributed by atoms with Crippen LogP contribution in [0.4, 0.5) is 4.79 Å². The first-order valence-electron chi connectivity index (χ1n) is 10.0. The molecule has 162 valence electrons. The second kappa shape index (κ2) is 10.6. The van der Waals surface area contributed by atoms with Gasteiger partial charge < -0.3 is 19.9 Å². The van der Waals surface area contributed by atoms with Gasteiger partial charge >= 0.3 is 6.09 Å². The lowest BCUT2D eigenvalue weighted by atomic mass is 10.1. The SMILES string of the molecule is CCOC(=O)N1CCN(C(=O)C(=Cc2ccc(Cl)cc2)NC(=O)c2ccccc2)CC1. The first-order valence-corrected chi connectivity index (χ1v) is 10.4. The number of ether oxygens (including phenoxy) is 1. The van der Waals surface area contributed by atoms with E-state index in [1.165, 1.54) is 0 Å². The Hall–Kier alpha value is -3.32. The lowest BCUT2D eigenvalue weighted by molar-refractivity contribution is -0.128. The van der Waals surface area contributed by atoms with E-state index in [1.54, 1.807) is 71.3 Å². The van der Waals surface area contributed by atoms with Crippen LogP contribution in [0.1, 0.15) is 22.8 Å². The van der Waals surface area contributed by atoms with E-state index in [-0.39, 0.29) is 23.6 Å². The molecule has 0 atom stereocenters. The highest BCUT2D eigenvalue weighted by Gasteiger charge is 2.27. The number of hydrogen-bond acceptors (Lipinski definition) is 4. The third-order valence-corrected chi connectivity index (χ3v) is 5.04. The van der Waals surface area contributed by atoms with E-state index in [0.29, 0.717) is 43.4 Å². The van der Waals surface area contributed by atoms with Gasteiger partial charge in [0.25, 0.3) is 11.8 Å². The number of piperazine rings is 1. The van der Waals surface area contributed by atoms with Crippen LogP contribution in [0.25, 0.3) is 6.08 Å². The fourth-order valence-electron chi connectivity index (χ4n) is 3.14. The zero-order valence-electron chi connectivity index (χ0n) is 17.2. The molecule has 0 aliphatic carbocycles. The zero-order chi connectivity index (χ0) is 22.2. The van der Waals surface area contributed by atoms with Crippen LogP contribution in [-0.4, -0.2) is 60.5 Å². The summed E-state index contributed by atoms with van der Waals surface area (Å²) in [5.74, 6) is -0.693. The summed E-state index contributed by atoms with van der Waals surface area (Å²) in [6.45, 7) is 3.48. The van der Waals surface area contributed by atoms with Crippen molar-refractivity contribution in [1.82, 2.24) is 15.1 Å². The minimum atomic E-state index is -0.385. The van der Waals surface area contributed by atoms with Gasteiger partial charge in [-0.3, -0.25) is 9.59 Å². The van der Waals surface area contributed by atoms with Crippen molar-refractivity contribution in [2.45, 2.75) is 6.92 Å². The topological polar surface area (TPSA) is 79.0 Å². The maximum atomic E-state index is 13.2. The molecule has 1 N–H and O–H groups in total. The normalized spacial score (nSPS) is 14.2. The number of benzene rings is 2. The molecule has 8 heteroatoms. The van der Waals surface area contributed by atoms with Crippen LogP contribution in [0.2, 0.25) is 5.02 Å². The van der Waals surface area contributed by atoms with Crippen LogP contribution in [0.5, 0.6) is 0 Å². The molecule has 0 unspecified atom stereocenters. The number of halogens is 1. The van der Waals surface area contributed by atoms with Gasteiger partial charge in [-0.2, -0.15) is 0 Å². The molecule has 0 radical (unpaired) electrons. The molecule has 0 saturated carbocycles. The molecule has 1 saturated heterocycles. The predicted octanol–water partition coefficient (Wildman–Crippen LogP) is 3.41. The molecule has 1 heterocycles. The summed E-state index contributed by atoms with van der Waals surface area (Å²) in [4.78, 5) is 41.0. The fourth-order valence-corrected chi connectivity index (χ4v) is 3.26. The van der Waals surface area contributed by atoms with Gasteiger partial charge in [0.1, 0.15) is 5.70 Å². The average molecular weight is 442 g/mol. The van der Waals surface area contributed by atoms with Crippen molar-refractivity contribution in [1.29, 1.82) is 0 Å². The summed E-state index contributed by atoms with van der Waals surface area (Å²) in [6, 6.07) is 15.7. The maximum Gasteiger partial charge on any atom is 0.409 e. The number of amides is 3. The maximum absolute atomic E-state index is 13.2. The molecule has 2 aromatic rings. The molecule has 0 aromatic heterocycles. The summed E-state index contributed by atoms with van der Waals surface area (Å²) in [5, 5.41) is 3.32. The van der Waals surface area contributed by atoms with Crippen molar-refractivity contribution in [3.63, 3.8) is 0 Å². The number of nitrogens with one attached hydrogen (secondary N) is 1. The van der Waals surface area contributed by atoms with Crippen LogP contribution >= 0.6 is 11.6 Å². The number of nitrogens with zero attached hydrogens (tertiary/aromatic N) is 2. The van der Waals surface area contributed by atoms with Gasteiger partial charge in [0.05, 0.1) is 6.61 Å². The van der Waals surface area contributed by atoms with Crippen LogP contribution in [0.15, 0.2) is 60.3 Å². The molecule has 0 spiro atoms. The summed E-state index contributed by atoms with van der Waals surface area (Å²) in [7, 11) is 0. The minimum Gasteiger partial charge on any atom is -0.450 e. The number of carbonyl (C=O) groups is 3. The summed E-state index contributed by atoms with van der Waals surface area (Å²) < 4.78 is 5.02. The molecule has 31 heavy (non-hydrogen) atoms. The molecule has 1 aliphatic rings. The van der Waals surface area contributed by atoms with Crippen molar-refractivity contribution in [2.24, 2.45) is 0 Å². The van der Waals surface area contributed by atoms with Crippen LogP contribution in [-0.2, 0) is 9.53 Å². The Morgan fingerprint density at radius 2 is 1.58 bits per heavy atom. The summed E-state index contributed by atoms with van der Waals surface area (Å²) >= 11 is 5.95. The Morgan fingerprint density at radius 1 is 0.968 bits per heavy atom. The van der Waals surface area contributed by atoms with E-state index in [4.69, 9.17) is 16.3 Å². The third kappa shape index (κ3) is 6.08. The van der Waals surface area contributed by atoms with Crippen LogP contribution < -0.4 is 5.32 Å². The minimum absolute atomic E-state index is 0.153. The van der Waals surface area contributed by atoms with E-state index in [0.717, 1.165) is 5.56 Å². The monoisotopic (exact) mass is 441 g/mol. The van der Waals surface area contributed by atoms with Gasteiger partial charge in [0.15, 0.2) is 0 Å². The highest BCUT2D eigenvalue weighted by Crippen LogP contribution is 2.15. The Morgan fingerprint density at radius 3 is 2.19 bits per heavy atom. The van der Waals surface area contributed by atoms with E-state index in [1.807, 2.05) is 6.07 Å². The Bertz CT molecular complexity index is 953. The molecule has 0 bridgehead atoms. The largest absolute Gasteiger partial charge is 0.450 e. The van der Waals surface area contributed by atoms with Gasteiger partial charge in [-0.25, -0.2) is 4.79 Å². The van der Waals surface area contributed by atoms with Crippen molar-refractivity contribution in [3.05, 3.63) is 76.4 Å². The quantitative estimate of drug-likeness (QED) is 0.721. The predicted molar refractivity (Wildman–Crippen MR) is 119 cm³/mol. The van der Waals surface area contributed by atoms with Crippen molar-refractivity contribution in [3.8, 4) is 0 Å². The molecule has 3 amide bonds. The lowest BCUT2D eigenvalue weighted by Crippen LogP contribution is -2.52. The van der Waals surface area contributed by atoms with E-state index in [2.05, 4.69) is 5.32 Å². The standard InChI is InChI=1S/C23H24ClN3O4/c1-2-31-23(30)27-14-12-26(13-15-27)22(29)20(16-17-8-10-19(24)11-9-17)25-21(28)18-6-4-3-5-7-18/h3-11,16H,2,12-15H2,1H3,(H,25,28). The Labute approximate surface area is 186 Å². The molecular weight excluding hydrogens is 418 g/mol. The number of hydrogen-bond donors (Lipinski definition) is 1. The van der Waals surface area contributed by atoms with Crippen molar-refractivity contribution in [2.75, 3.05) is 32.8 Å². The summed E-state index contributed by atoms with van der Waals surface area (Å²) in [5.41, 5.74) is 1.33. The van der Waals surface area contributed by atoms with Crippen molar-refractivity contribution >= 4 is 35.6 Å². The Balaban J connectivity index is 1.77. The highest BCUT2D eigenvalue weighted by molar-refractivity contribution is 6.30. The van der Waals surface area contributed by atoms with Crippen LogP contribution in [0.3, 0.4) is 0 Å². The van der Waals surface area contributed by atoms with Gasteiger partial charge in [-0.15, -0.1) is 0 Å². The fraction of sp³-hybridized carbons (Fsp3) is 0.261. The van der Waals surface area contributed by atoms with Gasteiger partial charge in [0.2, 0.25) is 0 Å². The highest BCUT2D eigenvalue weighted by atomic mass is 35.5. The molecule has 3 rings (SSSR count).